The van der Waals surface area contributed by atoms with E-state index in [1.807, 2.05) is 18.2 Å². The normalized spacial score (nSPS) is 13.5. The number of halogens is 1. The molecule has 0 aliphatic rings. The molecule has 0 aliphatic carbocycles. The van der Waals surface area contributed by atoms with Gasteiger partial charge in [0.2, 0.25) is 0 Å². The highest BCUT2D eigenvalue weighted by molar-refractivity contribution is 7.84. The second-order valence-electron chi connectivity index (χ2n) is 4.55. The SMILES string of the molecule is CC(OC(=O)c1ccc(S(C)=O)cc1)c1ccccc1Cl. The van der Waals surface area contributed by atoms with E-state index in [9.17, 15) is 9.00 Å². The third-order valence-electron chi connectivity index (χ3n) is 3.05. The first-order valence-corrected chi connectivity index (χ1v) is 8.31. The minimum Gasteiger partial charge on any atom is -0.454 e. The van der Waals surface area contributed by atoms with Gasteiger partial charge in [-0.1, -0.05) is 29.8 Å². The summed E-state index contributed by atoms with van der Waals surface area (Å²) < 4.78 is 16.7. The molecule has 0 N–H and O–H groups in total. The Morgan fingerprint density at radius 3 is 2.33 bits per heavy atom. The molecule has 2 unspecified atom stereocenters. The molecule has 2 aromatic carbocycles. The first-order valence-electron chi connectivity index (χ1n) is 6.38. The molecule has 2 rings (SSSR count). The van der Waals surface area contributed by atoms with Gasteiger partial charge < -0.3 is 4.74 Å². The summed E-state index contributed by atoms with van der Waals surface area (Å²) in [4.78, 5) is 12.8. The fraction of sp³-hybridized carbons (Fsp3) is 0.188. The lowest BCUT2D eigenvalue weighted by Gasteiger charge is -2.15. The summed E-state index contributed by atoms with van der Waals surface area (Å²) >= 11 is 6.08. The number of carbonyl (C=O) groups is 1. The minimum atomic E-state index is -1.06. The van der Waals surface area contributed by atoms with Crippen LogP contribution < -0.4 is 0 Å². The van der Waals surface area contributed by atoms with Crippen LogP contribution in [0, 0.1) is 0 Å². The molecule has 0 saturated carbocycles. The highest BCUT2D eigenvalue weighted by Gasteiger charge is 2.15. The number of hydrogen-bond donors (Lipinski definition) is 0. The van der Waals surface area contributed by atoms with Gasteiger partial charge in [-0.25, -0.2) is 4.79 Å². The Bertz CT molecular complexity index is 667. The van der Waals surface area contributed by atoms with Crippen molar-refractivity contribution in [3.63, 3.8) is 0 Å². The standard InChI is InChI=1S/C16H15ClO3S/c1-11(14-5-3-4-6-15(14)17)20-16(18)12-7-9-13(10-8-12)21(2)19/h3-11H,1-2H3. The second kappa shape index (κ2) is 6.87. The maximum Gasteiger partial charge on any atom is 0.338 e. The molecule has 0 fully saturated rings. The maximum absolute atomic E-state index is 12.1. The fourth-order valence-corrected chi connectivity index (χ4v) is 2.69. The Morgan fingerprint density at radius 1 is 1.14 bits per heavy atom. The third kappa shape index (κ3) is 3.93. The molecular weight excluding hydrogens is 308 g/mol. The van der Waals surface area contributed by atoms with Gasteiger partial charge in [-0.05, 0) is 37.3 Å². The van der Waals surface area contributed by atoms with Crippen LogP contribution in [0.15, 0.2) is 53.4 Å². The monoisotopic (exact) mass is 322 g/mol. The molecule has 0 amide bonds. The van der Waals surface area contributed by atoms with Gasteiger partial charge in [-0.2, -0.15) is 0 Å². The molecule has 2 atom stereocenters. The lowest BCUT2D eigenvalue weighted by molar-refractivity contribution is 0.0338. The zero-order valence-corrected chi connectivity index (χ0v) is 13.3. The molecule has 5 heteroatoms. The van der Waals surface area contributed by atoms with Gasteiger partial charge in [0.1, 0.15) is 6.10 Å². The summed E-state index contributed by atoms with van der Waals surface area (Å²) in [5, 5.41) is 0.564. The van der Waals surface area contributed by atoms with Crippen molar-refractivity contribution in [3.05, 3.63) is 64.7 Å². The molecule has 0 bridgehead atoms. The average Bonchev–Trinajstić information content (AvgIpc) is 2.47. The Hall–Kier alpha value is -1.65. The molecular formula is C16H15ClO3S. The maximum atomic E-state index is 12.1. The van der Waals surface area contributed by atoms with Gasteiger partial charge in [0.05, 0.1) is 5.56 Å². The summed E-state index contributed by atoms with van der Waals surface area (Å²) in [5.74, 6) is -0.434. The molecule has 3 nitrogen and oxygen atoms in total. The fourth-order valence-electron chi connectivity index (χ4n) is 1.88. The summed E-state index contributed by atoms with van der Waals surface area (Å²) in [6.07, 6.45) is 1.15. The number of esters is 1. The van der Waals surface area contributed by atoms with Crippen LogP contribution in [0.25, 0.3) is 0 Å². The van der Waals surface area contributed by atoms with E-state index in [4.69, 9.17) is 16.3 Å². The molecule has 0 heterocycles. The van der Waals surface area contributed by atoms with Crippen molar-refractivity contribution in [2.45, 2.75) is 17.9 Å². The smallest absolute Gasteiger partial charge is 0.338 e. The van der Waals surface area contributed by atoms with Crippen LogP contribution >= 0.6 is 11.6 Å². The molecule has 0 saturated heterocycles. The van der Waals surface area contributed by atoms with Crippen LogP contribution in [0.1, 0.15) is 28.9 Å². The number of ether oxygens (including phenoxy) is 1. The van der Waals surface area contributed by atoms with Gasteiger partial charge >= 0.3 is 5.97 Å². The Morgan fingerprint density at radius 2 is 1.76 bits per heavy atom. The molecule has 0 radical (unpaired) electrons. The van der Waals surface area contributed by atoms with Crippen LogP contribution in [-0.4, -0.2) is 16.4 Å². The molecule has 0 spiro atoms. The van der Waals surface area contributed by atoms with Gasteiger partial charge in [0.15, 0.2) is 0 Å². The van der Waals surface area contributed by atoms with Crippen molar-refractivity contribution in [2.24, 2.45) is 0 Å². The van der Waals surface area contributed by atoms with E-state index >= 15 is 0 Å². The van der Waals surface area contributed by atoms with Crippen LogP contribution in [0.3, 0.4) is 0 Å². The second-order valence-corrected chi connectivity index (χ2v) is 6.33. The molecule has 110 valence electrons. The van der Waals surface area contributed by atoms with Gasteiger partial charge in [-0.15, -0.1) is 0 Å². The third-order valence-corrected chi connectivity index (χ3v) is 4.33. The number of hydrogen-bond acceptors (Lipinski definition) is 3. The predicted octanol–water partition coefficient (Wildman–Crippen LogP) is 4.00. The molecule has 0 aromatic heterocycles. The van der Waals surface area contributed by atoms with Crippen molar-refractivity contribution < 1.29 is 13.7 Å². The van der Waals surface area contributed by atoms with Crippen molar-refractivity contribution in [1.29, 1.82) is 0 Å². The van der Waals surface area contributed by atoms with Crippen molar-refractivity contribution in [2.75, 3.05) is 6.26 Å². The minimum absolute atomic E-state index is 0.420. The number of carbonyl (C=O) groups excluding carboxylic acids is 1. The van der Waals surface area contributed by atoms with Gasteiger partial charge in [0.25, 0.3) is 0 Å². The quantitative estimate of drug-likeness (QED) is 0.799. The summed E-state index contributed by atoms with van der Waals surface area (Å²) in [5.41, 5.74) is 1.18. The van der Waals surface area contributed by atoms with E-state index in [-0.39, 0.29) is 0 Å². The largest absolute Gasteiger partial charge is 0.454 e. The summed E-state index contributed by atoms with van der Waals surface area (Å²) in [7, 11) is -1.06. The van der Waals surface area contributed by atoms with Crippen molar-refractivity contribution in [1.82, 2.24) is 0 Å². The summed E-state index contributed by atoms with van der Waals surface area (Å²) in [6.45, 7) is 1.77. The van der Waals surface area contributed by atoms with E-state index in [2.05, 4.69) is 0 Å². The van der Waals surface area contributed by atoms with Gasteiger partial charge in [0, 0.05) is 32.5 Å². The number of rotatable bonds is 4. The lowest BCUT2D eigenvalue weighted by atomic mass is 10.1. The van der Waals surface area contributed by atoms with Crippen LogP contribution in [-0.2, 0) is 15.5 Å². The first-order chi connectivity index (χ1) is 9.99. The van der Waals surface area contributed by atoms with Crippen LogP contribution in [0.5, 0.6) is 0 Å². The first kappa shape index (κ1) is 15.7. The van der Waals surface area contributed by atoms with Crippen molar-refractivity contribution >= 4 is 28.4 Å². The van der Waals surface area contributed by atoms with E-state index in [1.165, 1.54) is 0 Å². The molecule has 0 aliphatic heterocycles. The highest BCUT2D eigenvalue weighted by atomic mass is 35.5. The van der Waals surface area contributed by atoms with E-state index in [0.717, 1.165) is 5.56 Å². The Balaban J connectivity index is 2.11. The van der Waals surface area contributed by atoms with E-state index in [0.29, 0.717) is 15.5 Å². The zero-order chi connectivity index (χ0) is 15.4. The highest BCUT2D eigenvalue weighted by Crippen LogP contribution is 2.25. The average molecular weight is 323 g/mol. The molecule has 2 aromatic rings. The van der Waals surface area contributed by atoms with Crippen LogP contribution in [0.4, 0.5) is 0 Å². The van der Waals surface area contributed by atoms with E-state index in [1.54, 1.807) is 43.5 Å². The predicted molar refractivity (Wildman–Crippen MR) is 84.1 cm³/mol. The Labute approximate surface area is 131 Å². The summed E-state index contributed by atoms with van der Waals surface area (Å²) in [6, 6.07) is 13.8. The van der Waals surface area contributed by atoms with Crippen molar-refractivity contribution in [3.8, 4) is 0 Å². The Kier molecular flexibility index (Phi) is 5.15. The zero-order valence-electron chi connectivity index (χ0n) is 11.7. The topological polar surface area (TPSA) is 43.4 Å². The number of benzene rings is 2. The van der Waals surface area contributed by atoms with E-state index < -0.39 is 22.9 Å². The van der Waals surface area contributed by atoms with Gasteiger partial charge in [-0.3, -0.25) is 4.21 Å². The lowest BCUT2D eigenvalue weighted by Crippen LogP contribution is -2.09. The molecule has 21 heavy (non-hydrogen) atoms. The van der Waals surface area contributed by atoms with Crippen LogP contribution in [0.2, 0.25) is 5.02 Å².